The van der Waals surface area contributed by atoms with Crippen LogP contribution in [0.15, 0.2) is 6.07 Å². The summed E-state index contributed by atoms with van der Waals surface area (Å²) in [7, 11) is 0. The van der Waals surface area contributed by atoms with Gasteiger partial charge in [0.15, 0.2) is 17.5 Å². The Hall–Kier alpha value is -1.26. The molecule has 5 heteroatoms. The van der Waals surface area contributed by atoms with Crippen molar-refractivity contribution in [2.24, 2.45) is 5.41 Å². The predicted octanol–water partition coefficient (Wildman–Crippen LogP) is 3.35. The Morgan fingerprint density at radius 3 is 2.25 bits per heavy atom. The van der Waals surface area contributed by atoms with Crippen molar-refractivity contribution >= 4 is 5.82 Å². The van der Waals surface area contributed by atoms with Crippen LogP contribution in [0, 0.1) is 23.0 Å². The molecule has 1 atom stereocenters. The molecule has 1 rings (SSSR count). The molecule has 0 fully saturated rings. The van der Waals surface area contributed by atoms with Crippen LogP contribution in [0.2, 0.25) is 0 Å². The molecule has 90 valence electrons. The third-order valence-corrected chi connectivity index (χ3v) is 2.54. The number of anilines is 1. The van der Waals surface area contributed by atoms with Crippen LogP contribution in [-0.4, -0.2) is 11.0 Å². The molecule has 0 aromatic carbocycles. The van der Waals surface area contributed by atoms with Crippen LogP contribution in [0.25, 0.3) is 0 Å². The highest BCUT2D eigenvalue weighted by molar-refractivity contribution is 5.37. The van der Waals surface area contributed by atoms with Crippen molar-refractivity contribution < 1.29 is 13.2 Å². The van der Waals surface area contributed by atoms with E-state index in [-0.39, 0.29) is 17.3 Å². The van der Waals surface area contributed by atoms with Crippen molar-refractivity contribution in [3.63, 3.8) is 0 Å². The van der Waals surface area contributed by atoms with E-state index in [1.165, 1.54) is 0 Å². The van der Waals surface area contributed by atoms with E-state index in [0.29, 0.717) is 6.07 Å². The summed E-state index contributed by atoms with van der Waals surface area (Å²) < 4.78 is 38.7. The second-order valence-corrected chi connectivity index (χ2v) is 4.82. The topological polar surface area (TPSA) is 24.9 Å². The van der Waals surface area contributed by atoms with Crippen molar-refractivity contribution in [2.45, 2.75) is 33.7 Å². The smallest absolute Gasteiger partial charge is 0.251 e. The zero-order chi connectivity index (χ0) is 12.5. The molecule has 2 nitrogen and oxygen atoms in total. The lowest BCUT2D eigenvalue weighted by molar-refractivity contribution is 0.356. The number of aromatic nitrogens is 1. The summed E-state index contributed by atoms with van der Waals surface area (Å²) >= 11 is 0. The van der Waals surface area contributed by atoms with E-state index in [9.17, 15) is 13.2 Å². The Labute approximate surface area is 92.9 Å². The van der Waals surface area contributed by atoms with Gasteiger partial charge in [-0.25, -0.2) is 8.78 Å². The van der Waals surface area contributed by atoms with E-state index in [1.54, 1.807) is 0 Å². The fourth-order valence-corrected chi connectivity index (χ4v) is 0.967. The number of nitrogens with one attached hydrogen (secondary N) is 1. The average Bonchev–Trinajstić information content (AvgIpc) is 2.12. The molecule has 0 aliphatic heterocycles. The first-order valence-electron chi connectivity index (χ1n) is 5.00. The highest BCUT2D eigenvalue weighted by Crippen LogP contribution is 2.23. The molecule has 0 radical (unpaired) electrons. The molecule has 1 aromatic rings. The SMILES string of the molecule is CC(Nc1nc(F)c(F)cc1F)C(C)(C)C. The lowest BCUT2D eigenvalue weighted by atomic mass is 9.88. The fourth-order valence-electron chi connectivity index (χ4n) is 0.967. The van der Waals surface area contributed by atoms with Crippen LogP contribution < -0.4 is 5.32 Å². The van der Waals surface area contributed by atoms with Gasteiger partial charge in [0.1, 0.15) is 0 Å². The summed E-state index contributed by atoms with van der Waals surface area (Å²) in [6.07, 6.45) is 0. The highest BCUT2D eigenvalue weighted by atomic mass is 19.2. The summed E-state index contributed by atoms with van der Waals surface area (Å²) in [4.78, 5) is 3.20. The van der Waals surface area contributed by atoms with Crippen LogP contribution in [0.5, 0.6) is 0 Å². The van der Waals surface area contributed by atoms with E-state index < -0.39 is 17.6 Å². The van der Waals surface area contributed by atoms with Crippen LogP contribution in [0.4, 0.5) is 19.0 Å². The van der Waals surface area contributed by atoms with Crippen LogP contribution in [0.3, 0.4) is 0 Å². The van der Waals surface area contributed by atoms with Crippen molar-refractivity contribution in [3.05, 3.63) is 23.6 Å². The summed E-state index contributed by atoms with van der Waals surface area (Å²) in [6, 6.07) is 0.361. The van der Waals surface area contributed by atoms with Crippen molar-refractivity contribution in [1.29, 1.82) is 0 Å². The van der Waals surface area contributed by atoms with E-state index in [0.717, 1.165) is 0 Å². The van der Waals surface area contributed by atoms with Crippen molar-refractivity contribution in [3.8, 4) is 0 Å². The number of hydrogen-bond donors (Lipinski definition) is 1. The molecule has 0 aliphatic rings. The Kier molecular flexibility index (Phi) is 3.45. The normalized spacial score (nSPS) is 13.7. The zero-order valence-electron chi connectivity index (χ0n) is 9.74. The summed E-state index contributed by atoms with van der Waals surface area (Å²) in [5.74, 6) is -3.74. The van der Waals surface area contributed by atoms with Crippen molar-refractivity contribution in [1.82, 2.24) is 4.98 Å². The largest absolute Gasteiger partial charge is 0.365 e. The minimum absolute atomic E-state index is 0.126. The molecular formula is C11H15F3N2. The average molecular weight is 232 g/mol. The summed E-state index contributed by atoms with van der Waals surface area (Å²) in [5, 5.41) is 2.73. The summed E-state index contributed by atoms with van der Waals surface area (Å²) in [6.45, 7) is 7.66. The summed E-state index contributed by atoms with van der Waals surface area (Å²) in [5.41, 5.74) is -0.140. The van der Waals surface area contributed by atoms with Gasteiger partial charge in [0.05, 0.1) is 0 Å². The Bertz CT molecular complexity index is 386. The maximum atomic E-state index is 13.2. The first kappa shape index (κ1) is 12.8. The van der Waals surface area contributed by atoms with Gasteiger partial charge < -0.3 is 5.32 Å². The fraction of sp³-hybridized carbons (Fsp3) is 0.545. The van der Waals surface area contributed by atoms with Crippen molar-refractivity contribution in [2.75, 3.05) is 5.32 Å². The van der Waals surface area contributed by atoms with Crippen LogP contribution in [0.1, 0.15) is 27.7 Å². The Balaban J connectivity index is 2.94. The van der Waals surface area contributed by atoms with E-state index in [4.69, 9.17) is 0 Å². The Morgan fingerprint density at radius 1 is 1.19 bits per heavy atom. The number of rotatable bonds is 2. The lowest BCUT2D eigenvalue weighted by Gasteiger charge is -2.28. The molecule has 0 amide bonds. The monoisotopic (exact) mass is 232 g/mol. The van der Waals surface area contributed by atoms with E-state index >= 15 is 0 Å². The van der Waals surface area contributed by atoms with E-state index in [1.807, 2.05) is 27.7 Å². The zero-order valence-corrected chi connectivity index (χ0v) is 9.74. The minimum atomic E-state index is -1.30. The molecule has 0 saturated heterocycles. The second-order valence-electron chi connectivity index (χ2n) is 4.82. The first-order valence-corrected chi connectivity index (χ1v) is 5.00. The standard InChI is InChI=1S/C11H15F3N2/c1-6(11(2,3)4)15-10-8(13)5-7(12)9(14)16-10/h5-6H,1-4H3,(H,15,16). The molecule has 0 spiro atoms. The predicted molar refractivity (Wildman–Crippen MR) is 56.7 cm³/mol. The molecular weight excluding hydrogens is 217 g/mol. The maximum absolute atomic E-state index is 13.2. The van der Waals surface area contributed by atoms with Gasteiger partial charge in [-0.15, -0.1) is 0 Å². The number of hydrogen-bond acceptors (Lipinski definition) is 2. The van der Waals surface area contributed by atoms with Gasteiger partial charge in [0, 0.05) is 12.1 Å². The lowest BCUT2D eigenvalue weighted by Crippen LogP contribution is -2.31. The minimum Gasteiger partial charge on any atom is -0.365 e. The first-order chi connectivity index (χ1) is 7.21. The van der Waals surface area contributed by atoms with Gasteiger partial charge in [-0.3, -0.25) is 0 Å². The highest BCUT2D eigenvalue weighted by Gasteiger charge is 2.22. The van der Waals surface area contributed by atoms with E-state index in [2.05, 4.69) is 10.3 Å². The molecule has 1 heterocycles. The van der Waals surface area contributed by atoms with Crippen LogP contribution in [-0.2, 0) is 0 Å². The number of pyridine rings is 1. The van der Waals surface area contributed by atoms with Gasteiger partial charge in [-0.1, -0.05) is 20.8 Å². The van der Waals surface area contributed by atoms with Gasteiger partial charge in [0.25, 0.3) is 5.95 Å². The molecule has 16 heavy (non-hydrogen) atoms. The second kappa shape index (κ2) is 4.31. The van der Waals surface area contributed by atoms with Gasteiger partial charge in [-0.2, -0.15) is 9.37 Å². The molecule has 1 unspecified atom stereocenters. The number of halogens is 3. The molecule has 1 aromatic heterocycles. The molecule has 0 saturated carbocycles. The quantitative estimate of drug-likeness (QED) is 0.791. The van der Waals surface area contributed by atoms with Crippen LogP contribution >= 0.6 is 0 Å². The van der Waals surface area contributed by atoms with Gasteiger partial charge in [0.2, 0.25) is 0 Å². The maximum Gasteiger partial charge on any atom is 0.251 e. The molecule has 0 aliphatic carbocycles. The molecule has 1 N–H and O–H groups in total. The third kappa shape index (κ3) is 2.87. The number of nitrogens with zero attached hydrogens (tertiary/aromatic N) is 1. The van der Waals surface area contributed by atoms with Gasteiger partial charge >= 0.3 is 0 Å². The Morgan fingerprint density at radius 2 is 1.75 bits per heavy atom. The van der Waals surface area contributed by atoms with Gasteiger partial charge in [-0.05, 0) is 12.3 Å². The third-order valence-electron chi connectivity index (χ3n) is 2.54. The molecule has 0 bridgehead atoms.